The molecule has 80 valence electrons. The van der Waals surface area contributed by atoms with Crippen LogP contribution in [0.5, 0.6) is 0 Å². The van der Waals surface area contributed by atoms with Crippen molar-refractivity contribution in [2.45, 2.75) is 19.5 Å². The summed E-state index contributed by atoms with van der Waals surface area (Å²) in [5, 5.41) is 0.949. The highest BCUT2D eigenvalue weighted by atomic mass is 19.1. The van der Waals surface area contributed by atoms with Crippen LogP contribution in [0.4, 0.5) is 4.39 Å². The quantitative estimate of drug-likeness (QED) is 0.839. The Morgan fingerprint density at radius 3 is 2.93 bits per heavy atom. The molecular weight excluding hydrogens is 193 g/mol. The van der Waals surface area contributed by atoms with Crippen molar-refractivity contribution < 1.29 is 8.81 Å². The van der Waals surface area contributed by atoms with Crippen LogP contribution in [0.25, 0.3) is 11.0 Å². The van der Waals surface area contributed by atoms with E-state index >= 15 is 0 Å². The Balaban J connectivity index is 2.38. The van der Waals surface area contributed by atoms with Gasteiger partial charge in [-0.25, -0.2) is 4.39 Å². The van der Waals surface area contributed by atoms with Crippen LogP contribution in [0.3, 0.4) is 0 Å². The molecule has 0 aliphatic carbocycles. The molecule has 0 saturated carbocycles. The first-order valence-corrected chi connectivity index (χ1v) is 5.05. The highest BCUT2D eigenvalue weighted by Gasteiger charge is 2.14. The first-order valence-electron chi connectivity index (χ1n) is 5.05. The third kappa shape index (κ3) is 2.02. The Hall–Kier alpha value is -1.35. The fraction of sp³-hybridized carbons (Fsp3) is 0.333. The van der Waals surface area contributed by atoms with Gasteiger partial charge in [-0.2, -0.15) is 0 Å². The number of benzene rings is 1. The summed E-state index contributed by atoms with van der Waals surface area (Å²) in [7, 11) is 0. The lowest BCUT2D eigenvalue weighted by Crippen LogP contribution is -2.02. The number of hydrogen-bond acceptors (Lipinski definition) is 2. The van der Waals surface area contributed by atoms with E-state index in [0.29, 0.717) is 18.7 Å². The van der Waals surface area contributed by atoms with Gasteiger partial charge < -0.3 is 10.2 Å². The van der Waals surface area contributed by atoms with Gasteiger partial charge in [0.2, 0.25) is 0 Å². The minimum Gasteiger partial charge on any atom is -0.458 e. The molecule has 15 heavy (non-hydrogen) atoms. The number of hydrogen-bond donors (Lipinski definition) is 1. The Labute approximate surface area is 87.9 Å². The van der Waals surface area contributed by atoms with Crippen LogP contribution in [-0.2, 0) is 0 Å². The molecule has 0 saturated heterocycles. The van der Waals surface area contributed by atoms with E-state index in [0.717, 1.165) is 16.5 Å². The van der Waals surface area contributed by atoms with Crippen molar-refractivity contribution in [3.63, 3.8) is 0 Å². The first kappa shape index (κ1) is 10.2. The Morgan fingerprint density at radius 1 is 1.40 bits per heavy atom. The second-order valence-corrected chi connectivity index (χ2v) is 3.73. The van der Waals surface area contributed by atoms with Crippen LogP contribution in [0.2, 0.25) is 0 Å². The Morgan fingerprint density at radius 2 is 2.20 bits per heavy atom. The maximum Gasteiger partial charge on any atom is 0.159 e. The number of aryl methyl sites for hydroxylation is 1. The number of rotatable bonds is 3. The molecule has 0 spiro atoms. The molecule has 1 unspecified atom stereocenters. The average molecular weight is 207 g/mol. The van der Waals surface area contributed by atoms with E-state index in [1.807, 2.05) is 25.1 Å². The van der Waals surface area contributed by atoms with Gasteiger partial charge in [0.25, 0.3) is 0 Å². The van der Waals surface area contributed by atoms with Gasteiger partial charge in [0.1, 0.15) is 11.3 Å². The second kappa shape index (κ2) is 4.03. The summed E-state index contributed by atoms with van der Waals surface area (Å²) < 4.78 is 18.9. The van der Waals surface area contributed by atoms with E-state index in [2.05, 4.69) is 0 Å². The van der Waals surface area contributed by atoms with E-state index in [1.54, 1.807) is 6.07 Å². The van der Waals surface area contributed by atoms with Gasteiger partial charge in [-0.05, 0) is 38.1 Å². The molecule has 1 aromatic carbocycles. The molecule has 0 aliphatic rings. The SMILES string of the molecule is Cc1ccc2oc(C(F)CCN)cc2c1. The lowest BCUT2D eigenvalue weighted by Gasteiger charge is -2.00. The largest absolute Gasteiger partial charge is 0.458 e. The maximum absolute atomic E-state index is 13.5. The van der Waals surface area contributed by atoms with Crippen molar-refractivity contribution in [1.29, 1.82) is 0 Å². The molecule has 3 heteroatoms. The molecule has 2 nitrogen and oxygen atoms in total. The summed E-state index contributed by atoms with van der Waals surface area (Å²) in [5.41, 5.74) is 7.18. The van der Waals surface area contributed by atoms with Crippen LogP contribution in [-0.4, -0.2) is 6.54 Å². The summed E-state index contributed by atoms with van der Waals surface area (Å²) in [6.07, 6.45) is -0.790. The molecule has 0 amide bonds. The molecule has 0 aliphatic heterocycles. The van der Waals surface area contributed by atoms with Gasteiger partial charge in [-0.15, -0.1) is 0 Å². The zero-order chi connectivity index (χ0) is 10.8. The van der Waals surface area contributed by atoms with Crippen molar-refractivity contribution in [2.75, 3.05) is 6.54 Å². The minimum absolute atomic E-state index is 0.304. The highest BCUT2D eigenvalue weighted by Crippen LogP contribution is 2.28. The van der Waals surface area contributed by atoms with Gasteiger partial charge in [-0.1, -0.05) is 11.6 Å². The van der Waals surface area contributed by atoms with Gasteiger partial charge in [0, 0.05) is 5.39 Å². The normalized spacial score (nSPS) is 13.3. The number of halogens is 1. The third-order valence-electron chi connectivity index (χ3n) is 2.42. The molecule has 2 rings (SSSR count). The third-order valence-corrected chi connectivity index (χ3v) is 2.42. The Bertz CT molecular complexity index is 464. The summed E-state index contributed by atoms with van der Waals surface area (Å²) in [4.78, 5) is 0. The highest BCUT2D eigenvalue weighted by molar-refractivity contribution is 5.78. The van der Waals surface area contributed by atoms with Crippen molar-refractivity contribution in [1.82, 2.24) is 0 Å². The van der Waals surface area contributed by atoms with Gasteiger partial charge in [-0.3, -0.25) is 0 Å². The van der Waals surface area contributed by atoms with E-state index < -0.39 is 6.17 Å². The average Bonchev–Trinajstić information content (AvgIpc) is 2.60. The summed E-state index contributed by atoms with van der Waals surface area (Å²) in [6, 6.07) is 7.55. The summed E-state index contributed by atoms with van der Waals surface area (Å²) in [6.45, 7) is 2.33. The van der Waals surface area contributed by atoms with Crippen molar-refractivity contribution in [3.05, 3.63) is 35.6 Å². The van der Waals surface area contributed by atoms with E-state index in [4.69, 9.17) is 10.2 Å². The van der Waals surface area contributed by atoms with Crippen LogP contribution in [0, 0.1) is 6.92 Å². The minimum atomic E-state index is -1.09. The predicted molar refractivity (Wildman–Crippen MR) is 58.5 cm³/mol. The van der Waals surface area contributed by atoms with E-state index in [9.17, 15) is 4.39 Å². The zero-order valence-electron chi connectivity index (χ0n) is 8.66. The number of fused-ring (bicyclic) bond motifs is 1. The van der Waals surface area contributed by atoms with Gasteiger partial charge >= 0.3 is 0 Å². The van der Waals surface area contributed by atoms with Crippen LogP contribution in [0.15, 0.2) is 28.7 Å². The first-order chi connectivity index (χ1) is 7.20. The molecule has 0 radical (unpaired) electrons. The van der Waals surface area contributed by atoms with E-state index in [1.165, 1.54) is 0 Å². The number of nitrogens with two attached hydrogens (primary N) is 1. The molecule has 1 atom stereocenters. The lowest BCUT2D eigenvalue weighted by atomic mass is 10.1. The zero-order valence-corrected chi connectivity index (χ0v) is 8.66. The van der Waals surface area contributed by atoms with Crippen molar-refractivity contribution in [3.8, 4) is 0 Å². The van der Waals surface area contributed by atoms with Crippen molar-refractivity contribution >= 4 is 11.0 Å². The summed E-state index contributed by atoms with van der Waals surface area (Å²) >= 11 is 0. The molecule has 0 bridgehead atoms. The van der Waals surface area contributed by atoms with E-state index in [-0.39, 0.29) is 0 Å². The van der Waals surface area contributed by atoms with Crippen LogP contribution in [0.1, 0.15) is 23.9 Å². The lowest BCUT2D eigenvalue weighted by molar-refractivity contribution is 0.280. The summed E-state index contributed by atoms with van der Waals surface area (Å²) in [5.74, 6) is 0.376. The molecule has 0 fully saturated rings. The molecule has 2 N–H and O–H groups in total. The second-order valence-electron chi connectivity index (χ2n) is 3.73. The smallest absolute Gasteiger partial charge is 0.159 e. The molecule has 2 aromatic rings. The molecule has 1 aromatic heterocycles. The standard InChI is InChI=1S/C12H14FNO/c1-8-2-3-11-9(6-8)7-12(15-11)10(13)4-5-14/h2-3,6-7,10H,4-5,14H2,1H3. The van der Waals surface area contributed by atoms with Crippen molar-refractivity contribution in [2.24, 2.45) is 5.73 Å². The van der Waals surface area contributed by atoms with Crippen LogP contribution < -0.4 is 5.73 Å². The molecule has 1 heterocycles. The number of alkyl halides is 1. The maximum atomic E-state index is 13.5. The topological polar surface area (TPSA) is 39.2 Å². The fourth-order valence-corrected chi connectivity index (χ4v) is 1.63. The fourth-order valence-electron chi connectivity index (χ4n) is 1.63. The molecular formula is C12H14FNO. The van der Waals surface area contributed by atoms with Crippen LogP contribution >= 0.6 is 0 Å². The number of furan rings is 1. The van der Waals surface area contributed by atoms with Gasteiger partial charge in [0.15, 0.2) is 6.17 Å². The monoisotopic (exact) mass is 207 g/mol. The predicted octanol–water partition coefficient (Wildman–Crippen LogP) is 3.10. The Kier molecular flexibility index (Phi) is 2.73. The van der Waals surface area contributed by atoms with Gasteiger partial charge in [0.05, 0.1) is 0 Å².